The first-order valence-corrected chi connectivity index (χ1v) is 6.36. The molecule has 1 heterocycles. The molecule has 1 fully saturated rings. The maximum Gasteiger partial charge on any atom is 0.323 e. The number of carbonyl (C=O) groups excluding carboxylic acids is 2. The first-order valence-electron chi connectivity index (χ1n) is 6.36. The zero-order chi connectivity index (χ0) is 14.7. The molecular formula is C14H16N2O4. The molecule has 0 saturated carbocycles. The van der Waals surface area contributed by atoms with Crippen molar-refractivity contribution < 1.29 is 19.5 Å². The van der Waals surface area contributed by atoms with Crippen LogP contribution in [0.2, 0.25) is 0 Å². The highest BCUT2D eigenvalue weighted by Gasteiger charge is 2.23. The molecule has 1 aliphatic rings. The van der Waals surface area contributed by atoms with Crippen molar-refractivity contribution in [1.82, 2.24) is 4.90 Å². The Hall–Kier alpha value is -2.37. The van der Waals surface area contributed by atoms with Crippen molar-refractivity contribution in [3.05, 3.63) is 29.8 Å². The highest BCUT2D eigenvalue weighted by molar-refractivity contribution is 5.99. The minimum absolute atomic E-state index is 0.0495. The van der Waals surface area contributed by atoms with Crippen LogP contribution in [-0.2, 0) is 9.59 Å². The minimum atomic E-state index is -1.06. The van der Waals surface area contributed by atoms with Crippen LogP contribution in [0.3, 0.4) is 0 Å². The van der Waals surface area contributed by atoms with Gasteiger partial charge in [-0.25, -0.2) is 0 Å². The lowest BCUT2D eigenvalue weighted by molar-refractivity contribution is -0.137. The first kappa shape index (κ1) is 14.0. The summed E-state index contributed by atoms with van der Waals surface area (Å²) in [5.41, 5.74) is 1.06. The van der Waals surface area contributed by atoms with Gasteiger partial charge >= 0.3 is 5.97 Å². The van der Waals surface area contributed by atoms with E-state index in [0.717, 1.165) is 11.3 Å². The number of aliphatic carboxylic acids is 1. The molecule has 1 aromatic carbocycles. The number of hydrogen-bond donors (Lipinski definition) is 1. The Balaban J connectivity index is 2.19. The van der Waals surface area contributed by atoms with Crippen LogP contribution in [0.25, 0.3) is 0 Å². The lowest BCUT2D eigenvalue weighted by Crippen LogP contribution is -2.32. The SMILES string of the molecule is CN(CC(=O)O)C(=O)c1cccc(N2CCCC2=O)c1. The maximum atomic E-state index is 12.1. The van der Waals surface area contributed by atoms with Gasteiger partial charge in [-0.2, -0.15) is 0 Å². The summed E-state index contributed by atoms with van der Waals surface area (Å²) in [5, 5.41) is 8.69. The molecule has 0 atom stereocenters. The van der Waals surface area contributed by atoms with Crippen LogP contribution >= 0.6 is 0 Å². The van der Waals surface area contributed by atoms with Gasteiger partial charge in [-0.05, 0) is 24.6 Å². The lowest BCUT2D eigenvalue weighted by atomic mass is 10.1. The fraction of sp³-hybridized carbons (Fsp3) is 0.357. The second kappa shape index (κ2) is 5.73. The quantitative estimate of drug-likeness (QED) is 0.888. The van der Waals surface area contributed by atoms with Gasteiger partial charge < -0.3 is 14.9 Å². The molecule has 2 amide bonds. The Morgan fingerprint density at radius 1 is 1.40 bits per heavy atom. The smallest absolute Gasteiger partial charge is 0.323 e. The van der Waals surface area contributed by atoms with E-state index in [0.29, 0.717) is 24.2 Å². The summed E-state index contributed by atoms with van der Waals surface area (Å²) < 4.78 is 0. The van der Waals surface area contributed by atoms with Crippen LogP contribution in [0.15, 0.2) is 24.3 Å². The van der Waals surface area contributed by atoms with E-state index in [9.17, 15) is 14.4 Å². The molecule has 1 aliphatic heterocycles. The molecular weight excluding hydrogens is 260 g/mol. The molecule has 20 heavy (non-hydrogen) atoms. The first-order chi connectivity index (χ1) is 9.49. The normalized spacial score (nSPS) is 14.4. The van der Waals surface area contributed by atoms with Crippen LogP contribution in [0.4, 0.5) is 5.69 Å². The van der Waals surface area contributed by atoms with Crippen LogP contribution in [-0.4, -0.2) is 47.9 Å². The summed E-state index contributed by atoms with van der Waals surface area (Å²) >= 11 is 0. The third-order valence-corrected chi connectivity index (χ3v) is 3.20. The zero-order valence-corrected chi connectivity index (χ0v) is 11.2. The molecule has 0 radical (unpaired) electrons. The van der Waals surface area contributed by atoms with Crippen molar-refractivity contribution in [2.45, 2.75) is 12.8 Å². The largest absolute Gasteiger partial charge is 0.480 e. The Morgan fingerprint density at radius 2 is 2.15 bits per heavy atom. The molecule has 1 N–H and O–H groups in total. The highest BCUT2D eigenvalue weighted by Crippen LogP contribution is 2.22. The van der Waals surface area contributed by atoms with E-state index in [2.05, 4.69) is 0 Å². The summed E-state index contributed by atoms with van der Waals surface area (Å²) in [6.45, 7) is 0.299. The average molecular weight is 276 g/mol. The molecule has 0 spiro atoms. The zero-order valence-electron chi connectivity index (χ0n) is 11.2. The Labute approximate surface area is 116 Å². The summed E-state index contributed by atoms with van der Waals surface area (Å²) in [7, 11) is 1.43. The van der Waals surface area contributed by atoms with Crippen molar-refractivity contribution in [1.29, 1.82) is 0 Å². The monoisotopic (exact) mass is 276 g/mol. The van der Waals surface area contributed by atoms with Crippen LogP contribution in [0.5, 0.6) is 0 Å². The van der Waals surface area contributed by atoms with E-state index in [1.165, 1.54) is 7.05 Å². The highest BCUT2D eigenvalue weighted by atomic mass is 16.4. The van der Waals surface area contributed by atoms with E-state index in [1.807, 2.05) is 0 Å². The van der Waals surface area contributed by atoms with E-state index in [-0.39, 0.29) is 18.4 Å². The number of amides is 2. The number of carboxylic acid groups (broad SMARTS) is 1. The van der Waals surface area contributed by atoms with Crippen molar-refractivity contribution >= 4 is 23.5 Å². The standard InChI is InChI=1S/C14H16N2O4/c1-15(9-13(18)19)14(20)10-4-2-5-11(8-10)16-7-3-6-12(16)17/h2,4-5,8H,3,6-7,9H2,1H3,(H,18,19). The Morgan fingerprint density at radius 3 is 2.75 bits per heavy atom. The van der Waals surface area contributed by atoms with E-state index in [4.69, 9.17) is 5.11 Å². The third-order valence-electron chi connectivity index (χ3n) is 3.20. The number of likely N-dealkylation sites (N-methyl/N-ethyl adjacent to an activating group) is 1. The summed E-state index contributed by atoms with van der Waals surface area (Å²) in [4.78, 5) is 37.2. The van der Waals surface area contributed by atoms with Crippen LogP contribution in [0, 0.1) is 0 Å². The molecule has 1 saturated heterocycles. The van der Waals surface area contributed by atoms with Gasteiger partial charge in [0.2, 0.25) is 5.91 Å². The number of carboxylic acids is 1. The summed E-state index contributed by atoms with van der Waals surface area (Å²) in [5.74, 6) is -1.39. The molecule has 106 valence electrons. The molecule has 6 heteroatoms. The van der Waals surface area contributed by atoms with Gasteiger partial charge in [-0.3, -0.25) is 14.4 Å². The van der Waals surface area contributed by atoms with Crippen LogP contribution in [0.1, 0.15) is 23.2 Å². The van der Waals surface area contributed by atoms with E-state index < -0.39 is 5.97 Å². The average Bonchev–Trinajstić information content (AvgIpc) is 2.83. The van der Waals surface area contributed by atoms with Gasteiger partial charge in [-0.1, -0.05) is 6.07 Å². The molecule has 0 bridgehead atoms. The maximum absolute atomic E-state index is 12.1. The van der Waals surface area contributed by atoms with Crippen molar-refractivity contribution in [3.63, 3.8) is 0 Å². The number of anilines is 1. The molecule has 0 aromatic heterocycles. The fourth-order valence-corrected chi connectivity index (χ4v) is 2.22. The van der Waals surface area contributed by atoms with Crippen molar-refractivity contribution in [2.75, 3.05) is 25.0 Å². The van der Waals surface area contributed by atoms with Crippen molar-refractivity contribution in [3.8, 4) is 0 Å². The topological polar surface area (TPSA) is 77.9 Å². The predicted molar refractivity (Wildman–Crippen MR) is 72.6 cm³/mol. The van der Waals surface area contributed by atoms with E-state index >= 15 is 0 Å². The van der Waals surface area contributed by atoms with Gasteiger partial charge in [0.1, 0.15) is 6.54 Å². The summed E-state index contributed by atoms with van der Waals surface area (Å²) in [6.07, 6.45) is 1.34. The van der Waals surface area contributed by atoms with Gasteiger partial charge in [0.25, 0.3) is 5.91 Å². The summed E-state index contributed by atoms with van der Waals surface area (Å²) in [6, 6.07) is 6.72. The molecule has 1 aromatic rings. The van der Waals surface area contributed by atoms with Crippen molar-refractivity contribution in [2.24, 2.45) is 0 Å². The predicted octanol–water partition coefficient (Wildman–Crippen LogP) is 0.970. The number of carbonyl (C=O) groups is 3. The second-order valence-corrected chi connectivity index (χ2v) is 4.75. The molecule has 0 unspecified atom stereocenters. The van der Waals surface area contributed by atoms with E-state index in [1.54, 1.807) is 29.2 Å². The lowest BCUT2D eigenvalue weighted by Gasteiger charge is -2.18. The number of benzene rings is 1. The molecule has 0 aliphatic carbocycles. The Kier molecular flexibility index (Phi) is 4.02. The fourth-order valence-electron chi connectivity index (χ4n) is 2.22. The minimum Gasteiger partial charge on any atom is -0.480 e. The van der Waals surface area contributed by atoms with Gasteiger partial charge in [0.05, 0.1) is 0 Å². The Bertz CT molecular complexity index is 556. The molecule has 2 rings (SSSR count). The number of hydrogen-bond acceptors (Lipinski definition) is 3. The van der Waals surface area contributed by atoms with Gasteiger partial charge in [-0.15, -0.1) is 0 Å². The van der Waals surface area contributed by atoms with Gasteiger partial charge in [0, 0.05) is 31.3 Å². The molecule has 6 nitrogen and oxygen atoms in total. The second-order valence-electron chi connectivity index (χ2n) is 4.75. The third kappa shape index (κ3) is 2.96. The number of rotatable bonds is 4. The van der Waals surface area contributed by atoms with Crippen LogP contribution < -0.4 is 4.90 Å². The number of nitrogens with zero attached hydrogens (tertiary/aromatic N) is 2. The van der Waals surface area contributed by atoms with Gasteiger partial charge in [0.15, 0.2) is 0 Å².